The summed E-state index contributed by atoms with van der Waals surface area (Å²) >= 11 is 0. The first-order valence-electron chi connectivity index (χ1n) is 5.68. The van der Waals surface area contributed by atoms with E-state index in [4.69, 9.17) is 14.0 Å². The Bertz CT molecular complexity index is 697. The quantitative estimate of drug-likeness (QED) is 0.797. The molecule has 103 valence electrons. The van der Waals surface area contributed by atoms with E-state index in [0.29, 0.717) is 11.0 Å². The lowest BCUT2D eigenvalue weighted by Gasteiger charge is -2.04. The number of halogens is 1. The van der Waals surface area contributed by atoms with Gasteiger partial charge >= 0.3 is 5.97 Å². The molecule has 0 amide bonds. The van der Waals surface area contributed by atoms with Gasteiger partial charge in [0.2, 0.25) is 11.7 Å². The Morgan fingerprint density at radius 1 is 1.50 bits per heavy atom. The highest BCUT2D eigenvalue weighted by atomic mass is 19.1. The summed E-state index contributed by atoms with van der Waals surface area (Å²) in [7, 11) is 0. The van der Waals surface area contributed by atoms with Crippen LogP contribution >= 0.6 is 0 Å². The van der Waals surface area contributed by atoms with Crippen LogP contribution in [0.3, 0.4) is 0 Å². The van der Waals surface area contributed by atoms with Gasteiger partial charge in [0.15, 0.2) is 12.2 Å². The molecule has 0 saturated heterocycles. The van der Waals surface area contributed by atoms with Gasteiger partial charge in [-0.1, -0.05) is 5.16 Å². The molecule has 2 aromatic rings. The summed E-state index contributed by atoms with van der Waals surface area (Å²) in [6.45, 7) is 2.46. The van der Waals surface area contributed by atoms with E-state index in [1.54, 1.807) is 0 Å². The Labute approximate surface area is 112 Å². The molecule has 0 unspecified atom stereocenters. The van der Waals surface area contributed by atoms with Crippen molar-refractivity contribution >= 4 is 28.7 Å². The zero-order chi connectivity index (χ0) is 14.1. The number of rotatable bonds is 3. The van der Waals surface area contributed by atoms with Crippen LogP contribution < -0.4 is 5.01 Å². The van der Waals surface area contributed by atoms with Crippen LogP contribution in [0.4, 0.5) is 10.2 Å². The van der Waals surface area contributed by atoms with Crippen LogP contribution in [-0.2, 0) is 14.3 Å². The van der Waals surface area contributed by atoms with Gasteiger partial charge in [-0.25, -0.2) is 4.39 Å². The molecule has 0 saturated carbocycles. The average Bonchev–Trinajstić information content (AvgIpc) is 3.01. The molecule has 0 aliphatic carbocycles. The number of esters is 1. The number of hydrazone groups is 1. The second-order valence-electron chi connectivity index (χ2n) is 3.99. The van der Waals surface area contributed by atoms with Crippen molar-refractivity contribution in [1.82, 2.24) is 5.16 Å². The molecular weight excluding hydrogens is 269 g/mol. The summed E-state index contributed by atoms with van der Waals surface area (Å²) in [5.41, 5.74) is 0.429. The molecule has 1 aliphatic rings. The summed E-state index contributed by atoms with van der Waals surface area (Å²) < 4.78 is 28.2. The van der Waals surface area contributed by atoms with E-state index >= 15 is 0 Å². The molecule has 0 N–H and O–H groups in total. The fraction of sp³-hybridized carbons (Fsp3) is 0.167. The van der Waals surface area contributed by atoms with E-state index in [-0.39, 0.29) is 18.3 Å². The van der Waals surface area contributed by atoms with Gasteiger partial charge in [-0.2, -0.15) is 5.01 Å². The number of ether oxygens (including phenoxy) is 2. The molecule has 20 heavy (non-hydrogen) atoms. The highest BCUT2D eigenvalue weighted by Crippen LogP contribution is 2.29. The van der Waals surface area contributed by atoms with Gasteiger partial charge < -0.3 is 14.0 Å². The smallest absolute Gasteiger partial charge is 0.303 e. The molecular formula is C12H9FN3O4. The van der Waals surface area contributed by atoms with Gasteiger partial charge in [0.25, 0.3) is 6.73 Å². The van der Waals surface area contributed by atoms with Gasteiger partial charge in [-0.05, 0) is 18.2 Å². The van der Waals surface area contributed by atoms with E-state index in [2.05, 4.69) is 10.3 Å². The predicted octanol–water partition coefficient (Wildman–Crippen LogP) is 1.80. The Hall–Kier alpha value is -2.64. The van der Waals surface area contributed by atoms with Crippen LogP contribution in [0.15, 0.2) is 27.8 Å². The van der Waals surface area contributed by atoms with Crippen molar-refractivity contribution in [1.29, 1.82) is 0 Å². The number of nitrogens with zero attached hydrogens (tertiary/aromatic N) is 3. The standard InChI is InChI=1S/C12H9FN3O4/c1-7(17)18-5-11-14-16(6-19-11)12-9-4-8(13)2-3-10(9)20-15-12/h2-4,6H,5H2,1H3. The van der Waals surface area contributed by atoms with Crippen molar-refractivity contribution < 1.29 is 23.2 Å². The minimum Gasteiger partial charge on any atom is -0.456 e. The van der Waals surface area contributed by atoms with Crippen molar-refractivity contribution in [3.8, 4) is 0 Å². The molecule has 0 bridgehead atoms. The maximum atomic E-state index is 13.2. The molecule has 1 aromatic carbocycles. The first-order valence-corrected chi connectivity index (χ1v) is 5.68. The molecule has 0 spiro atoms. The Kier molecular flexibility index (Phi) is 2.97. The normalized spacial score (nSPS) is 14.3. The number of carbonyl (C=O) groups is 1. The van der Waals surface area contributed by atoms with Crippen LogP contribution in [0.5, 0.6) is 0 Å². The predicted molar refractivity (Wildman–Crippen MR) is 65.9 cm³/mol. The monoisotopic (exact) mass is 278 g/mol. The lowest BCUT2D eigenvalue weighted by Crippen LogP contribution is -2.10. The Morgan fingerprint density at radius 3 is 3.15 bits per heavy atom. The van der Waals surface area contributed by atoms with Crippen molar-refractivity contribution in [3.63, 3.8) is 0 Å². The van der Waals surface area contributed by atoms with E-state index in [9.17, 15) is 9.18 Å². The molecule has 1 radical (unpaired) electrons. The fourth-order valence-electron chi connectivity index (χ4n) is 1.66. The van der Waals surface area contributed by atoms with Crippen LogP contribution in [0.25, 0.3) is 11.0 Å². The third kappa shape index (κ3) is 2.27. The summed E-state index contributed by atoms with van der Waals surface area (Å²) in [5, 5.41) is 9.58. The zero-order valence-corrected chi connectivity index (χ0v) is 10.4. The Balaban J connectivity index is 1.85. The van der Waals surface area contributed by atoms with Crippen molar-refractivity contribution in [3.05, 3.63) is 30.7 Å². The van der Waals surface area contributed by atoms with Gasteiger partial charge in [0, 0.05) is 6.92 Å². The van der Waals surface area contributed by atoms with Crippen molar-refractivity contribution in [2.45, 2.75) is 6.92 Å². The van der Waals surface area contributed by atoms with Crippen LogP contribution in [0.1, 0.15) is 6.92 Å². The first-order chi connectivity index (χ1) is 9.63. The third-order valence-electron chi connectivity index (χ3n) is 2.54. The van der Waals surface area contributed by atoms with E-state index in [1.165, 1.54) is 36.9 Å². The molecule has 0 atom stereocenters. The molecule has 8 heteroatoms. The van der Waals surface area contributed by atoms with Crippen LogP contribution in [0.2, 0.25) is 0 Å². The van der Waals surface area contributed by atoms with E-state index in [1.807, 2.05) is 0 Å². The second-order valence-corrected chi connectivity index (χ2v) is 3.99. The van der Waals surface area contributed by atoms with Crippen molar-refractivity contribution in [2.75, 3.05) is 11.6 Å². The summed E-state index contributed by atoms with van der Waals surface area (Å²) in [6, 6.07) is 4.03. The second kappa shape index (κ2) is 4.80. The summed E-state index contributed by atoms with van der Waals surface area (Å²) in [5.74, 6) is -0.375. The van der Waals surface area contributed by atoms with Gasteiger partial charge in [0.1, 0.15) is 5.82 Å². The van der Waals surface area contributed by atoms with Gasteiger partial charge in [-0.15, -0.1) is 5.10 Å². The number of anilines is 1. The zero-order valence-electron chi connectivity index (χ0n) is 10.4. The van der Waals surface area contributed by atoms with Crippen LogP contribution in [0, 0.1) is 12.5 Å². The number of carbonyl (C=O) groups excluding carboxylic acids is 1. The lowest BCUT2D eigenvalue weighted by molar-refractivity contribution is -0.139. The molecule has 2 heterocycles. The van der Waals surface area contributed by atoms with E-state index < -0.39 is 11.8 Å². The molecule has 0 fully saturated rings. The SMILES string of the molecule is CC(=O)OCC1=NN(c2noc3ccc(F)cc23)[CH]O1. The molecule has 1 aromatic heterocycles. The maximum absolute atomic E-state index is 13.2. The summed E-state index contributed by atoms with van der Waals surface area (Å²) in [4.78, 5) is 10.7. The van der Waals surface area contributed by atoms with E-state index in [0.717, 1.165) is 0 Å². The molecule has 3 rings (SSSR count). The van der Waals surface area contributed by atoms with Gasteiger partial charge in [-0.3, -0.25) is 4.79 Å². The third-order valence-corrected chi connectivity index (χ3v) is 2.54. The first kappa shape index (κ1) is 12.4. The fourth-order valence-corrected chi connectivity index (χ4v) is 1.66. The highest BCUT2D eigenvalue weighted by Gasteiger charge is 2.24. The van der Waals surface area contributed by atoms with Crippen molar-refractivity contribution in [2.24, 2.45) is 5.10 Å². The molecule has 7 nitrogen and oxygen atoms in total. The Morgan fingerprint density at radius 2 is 2.35 bits per heavy atom. The van der Waals surface area contributed by atoms with Crippen LogP contribution in [-0.4, -0.2) is 23.6 Å². The number of benzene rings is 1. The number of hydrogen-bond donors (Lipinski definition) is 0. The van der Waals surface area contributed by atoms with Gasteiger partial charge in [0.05, 0.1) is 5.39 Å². The minimum absolute atomic E-state index is 0.0908. The number of aromatic nitrogens is 1. The minimum atomic E-state index is -0.441. The largest absolute Gasteiger partial charge is 0.456 e. The highest BCUT2D eigenvalue weighted by molar-refractivity contribution is 5.91. The maximum Gasteiger partial charge on any atom is 0.303 e. The lowest BCUT2D eigenvalue weighted by atomic mass is 10.2. The number of hydrogen-bond acceptors (Lipinski definition) is 7. The topological polar surface area (TPSA) is 77.2 Å². The summed E-state index contributed by atoms with van der Waals surface area (Å²) in [6.07, 6.45) is 0. The average molecular weight is 278 g/mol. The molecule has 1 aliphatic heterocycles. The number of fused-ring (bicyclic) bond motifs is 1.